The Kier molecular flexibility index (Phi) is 7.53. The quantitative estimate of drug-likeness (QED) is 0.644. The highest BCUT2D eigenvalue weighted by Gasteiger charge is 2.14. The fourth-order valence-electron chi connectivity index (χ4n) is 2.46. The zero-order valence-electron chi connectivity index (χ0n) is 16.0. The first-order valence-electron chi connectivity index (χ1n) is 8.86. The molecule has 0 aliphatic carbocycles. The van der Waals surface area contributed by atoms with Gasteiger partial charge in [-0.3, -0.25) is 4.79 Å². The summed E-state index contributed by atoms with van der Waals surface area (Å²) >= 11 is 0. The predicted octanol–water partition coefficient (Wildman–Crippen LogP) is 2.16. The van der Waals surface area contributed by atoms with Crippen molar-refractivity contribution in [2.75, 3.05) is 27.2 Å². The summed E-state index contributed by atoms with van der Waals surface area (Å²) in [6.45, 7) is 3.61. The Morgan fingerprint density at radius 2 is 1.63 bits per heavy atom. The van der Waals surface area contributed by atoms with Crippen LogP contribution in [0.15, 0.2) is 53.4 Å². The Balaban J connectivity index is 1.91. The SMILES string of the molecule is Cc1ccc(CNC(=O)c2ccc(S(=O)(=O)NCCCN(C)C)cc2)cc1. The van der Waals surface area contributed by atoms with Crippen molar-refractivity contribution < 1.29 is 13.2 Å². The number of nitrogens with zero attached hydrogens (tertiary/aromatic N) is 1. The first kappa shape index (κ1) is 21.1. The molecule has 2 N–H and O–H groups in total. The van der Waals surface area contributed by atoms with E-state index in [1.807, 2.05) is 50.2 Å². The van der Waals surface area contributed by atoms with E-state index < -0.39 is 10.0 Å². The number of carbonyl (C=O) groups is 1. The molecule has 2 aromatic rings. The van der Waals surface area contributed by atoms with Gasteiger partial charge in [-0.1, -0.05) is 29.8 Å². The van der Waals surface area contributed by atoms with Crippen LogP contribution < -0.4 is 10.0 Å². The van der Waals surface area contributed by atoms with Crippen LogP contribution in [0.5, 0.6) is 0 Å². The van der Waals surface area contributed by atoms with Gasteiger partial charge in [-0.05, 0) is 63.8 Å². The van der Waals surface area contributed by atoms with E-state index >= 15 is 0 Å². The average molecular weight is 390 g/mol. The maximum Gasteiger partial charge on any atom is 0.251 e. The van der Waals surface area contributed by atoms with E-state index in [0.717, 1.165) is 24.1 Å². The number of hydrogen-bond donors (Lipinski definition) is 2. The largest absolute Gasteiger partial charge is 0.348 e. The van der Waals surface area contributed by atoms with Crippen LogP contribution in [0.1, 0.15) is 27.9 Å². The van der Waals surface area contributed by atoms with Crippen molar-refractivity contribution in [1.29, 1.82) is 0 Å². The van der Waals surface area contributed by atoms with E-state index in [0.29, 0.717) is 18.7 Å². The lowest BCUT2D eigenvalue weighted by molar-refractivity contribution is 0.0951. The summed E-state index contributed by atoms with van der Waals surface area (Å²) in [5.41, 5.74) is 2.60. The minimum Gasteiger partial charge on any atom is -0.348 e. The normalized spacial score (nSPS) is 11.6. The molecular weight excluding hydrogens is 362 g/mol. The molecule has 0 atom stereocenters. The topological polar surface area (TPSA) is 78.5 Å². The fraction of sp³-hybridized carbons (Fsp3) is 0.350. The third-order valence-electron chi connectivity index (χ3n) is 4.07. The minimum absolute atomic E-state index is 0.155. The number of carbonyl (C=O) groups excluding carboxylic acids is 1. The first-order valence-corrected chi connectivity index (χ1v) is 10.3. The molecule has 7 heteroatoms. The molecule has 1 amide bonds. The van der Waals surface area contributed by atoms with Gasteiger partial charge in [0.05, 0.1) is 4.90 Å². The van der Waals surface area contributed by atoms with Crippen molar-refractivity contribution in [3.05, 3.63) is 65.2 Å². The van der Waals surface area contributed by atoms with Crippen molar-refractivity contribution in [3.63, 3.8) is 0 Å². The number of benzene rings is 2. The van der Waals surface area contributed by atoms with Gasteiger partial charge in [0.2, 0.25) is 10.0 Å². The Hall–Kier alpha value is -2.22. The van der Waals surface area contributed by atoms with Crippen molar-refractivity contribution in [2.45, 2.75) is 24.8 Å². The molecule has 0 unspecified atom stereocenters. The van der Waals surface area contributed by atoms with E-state index in [4.69, 9.17) is 0 Å². The van der Waals surface area contributed by atoms with Gasteiger partial charge in [0.15, 0.2) is 0 Å². The monoisotopic (exact) mass is 389 g/mol. The summed E-state index contributed by atoms with van der Waals surface area (Å²) in [6, 6.07) is 13.9. The molecule has 0 bridgehead atoms. The van der Waals surface area contributed by atoms with Gasteiger partial charge in [0, 0.05) is 18.7 Å². The van der Waals surface area contributed by atoms with Gasteiger partial charge in [-0.15, -0.1) is 0 Å². The van der Waals surface area contributed by atoms with E-state index in [1.165, 1.54) is 24.3 Å². The molecule has 0 fully saturated rings. The van der Waals surface area contributed by atoms with Crippen LogP contribution in [0.3, 0.4) is 0 Å². The number of nitrogens with one attached hydrogen (secondary N) is 2. The molecule has 0 aliphatic rings. The van der Waals surface area contributed by atoms with Gasteiger partial charge < -0.3 is 10.2 Å². The smallest absolute Gasteiger partial charge is 0.251 e. The van der Waals surface area contributed by atoms with Crippen LogP contribution in [0, 0.1) is 6.92 Å². The highest BCUT2D eigenvalue weighted by molar-refractivity contribution is 7.89. The summed E-state index contributed by atoms with van der Waals surface area (Å²) < 4.78 is 27.1. The lowest BCUT2D eigenvalue weighted by Gasteiger charge is -2.11. The highest BCUT2D eigenvalue weighted by Crippen LogP contribution is 2.11. The molecule has 146 valence electrons. The molecule has 0 aromatic heterocycles. The molecule has 27 heavy (non-hydrogen) atoms. The standard InChI is InChI=1S/C20H27N3O3S/c1-16-5-7-17(8-6-16)15-21-20(24)18-9-11-19(12-10-18)27(25,26)22-13-4-14-23(2)3/h5-12,22H,4,13-15H2,1-3H3,(H,21,24). The third-order valence-corrected chi connectivity index (χ3v) is 5.55. The van der Waals surface area contributed by atoms with Crippen LogP contribution in [-0.4, -0.2) is 46.4 Å². The number of aryl methyl sites for hydroxylation is 1. The van der Waals surface area contributed by atoms with Crippen molar-refractivity contribution in [2.24, 2.45) is 0 Å². The van der Waals surface area contributed by atoms with Crippen molar-refractivity contribution in [1.82, 2.24) is 14.9 Å². The van der Waals surface area contributed by atoms with E-state index in [-0.39, 0.29) is 10.8 Å². The number of amides is 1. The molecule has 6 nitrogen and oxygen atoms in total. The Labute approximate surface area is 161 Å². The lowest BCUT2D eigenvalue weighted by atomic mass is 10.1. The van der Waals surface area contributed by atoms with Crippen LogP contribution in [0.25, 0.3) is 0 Å². The van der Waals surface area contributed by atoms with Crippen molar-refractivity contribution in [3.8, 4) is 0 Å². The predicted molar refractivity (Wildman–Crippen MR) is 107 cm³/mol. The number of rotatable bonds is 9. The summed E-state index contributed by atoms with van der Waals surface area (Å²) in [5, 5.41) is 2.84. The molecule has 0 radical (unpaired) electrons. The van der Waals surface area contributed by atoms with Crippen LogP contribution >= 0.6 is 0 Å². The maximum absolute atomic E-state index is 12.3. The minimum atomic E-state index is -3.56. The molecule has 0 heterocycles. The van der Waals surface area contributed by atoms with Crippen LogP contribution in [0.4, 0.5) is 0 Å². The molecule has 2 rings (SSSR count). The van der Waals surface area contributed by atoms with E-state index in [9.17, 15) is 13.2 Å². The molecular formula is C20H27N3O3S. The Bertz CT molecular complexity index is 845. The van der Waals surface area contributed by atoms with Gasteiger partial charge >= 0.3 is 0 Å². The van der Waals surface area contributed by atoms with E-state index in [1.54, 1.807) is 0 Å². The zero-order valence-corrected chi connectivity index (χ0v) is 16.8. The Morgan fingerprint density at radius 3 is 2.22 bits per heavy atom. The second-order valence-corrected chi connectivity index (χ2v) is 8.51. The Morgan fingerprint density at radius 1 is 1.00 bits per heavy atom. The van der Waals surface area contributed by atoms with Gasteiger partial charge in [0.25, 0.3) is 5.91 Å². The molecule has 0 aliphatic heterocycles. The molecule has 0 saturated carbocycles. The lowest BCUT2D eigenvalue weighted by Crippen LogP contribution is -2.27. The van der Waals surface area contributed by atoms with E-state index in [2.05, 4.69) is 10.0 Å². The van der Waals surface area contributed by atoms with Gasteiger partial charge in [-0.25, -0.2) is 13.1 Å². The molecule has 0 saturated heterocycles. The van der Waals surface area contributed by atoms with Crippen molar-refractivity contribution >= 4 is 15.9 Å². The number of hydrogen-bond acceptors (Lipinski definition) is 4. The van der Waals surface area contributed by atoms with Gasteiger partial charge in [-0.2, -0.15) is 0 Å². The maximum atomic E-state index is 12.3. The van der Waals surface area contributed by atoms with Gasteiger partial charge in [0.1, 0.15) is 0 Å². The van der Waals surface area contributed by atoms with Crippen LogP contribution in [-0.2, 0) is 16.6 Å². The summed E-state index contributed by atoms with van der Waals surface area (Å²) in [4.78, 5) is 14.4. The summed E-state index contributed by atoms with van der Waals surface area (Å²) in [5.74, 6) is -0.238. The third kappa shape index (κ3) is 6.78. The second-order valence-electron chi connectivity index (χ2n) is 6.75. The summed E-state index contributed by atoms with van der Waals surface area (Å²) in [7, 11) is 0.323. The first-order chi connectivity index (χ1) is 12.8. The molecule has 2 aromatic carbocycles. The highest BCUT2D eigenvalue weighted by atomic mass is 32.2. The van der Waals surface area contributed by atoms with Crippen LogP contribution in [0.2, 0.25) is 0 Å². The second kappa shape index (κ2) is 9.64. The molecule has 0 spiro atoms. The number of sulfonamides is 1. The zero-order chi connectivity index (χ0) is 19.9. The average Bonchev–Trinajstić information content (AvgIpc) is 2.64. The summed E-state index contributed by atoms with van der Waals surface area (Å²) in [6.07, 6.45) is 0.728. The fourth-order valence-corrected chi connectivity index (χ4v) is 3.54.